The molecule has 0 saturated carbocycles. The molecule has 0 bridgehead atoms. The molecule has 1 heterocycles. The van der Waals surface area contributed by atoms with Crippen LogP contribution in [0.1, 0.15) is 11.1 Å². The van der Waals surface area contributed by atoms with E-state index < -0.39 is 12.7 Å². The van der Waals surface area contributed by atoms with Gasteiger partial charge in [0.1, 0.15) is 5.82 Å². The smallest absolute Gasteiger partial charge is 0.386 e. The van der Waals surface area contributed by atoms with Crippen LogP contribution < -0.4 is 0 Å². The molecule has 1 aliphatic rings. The SMILES string of the molecule is O=C(OC(F)F)N1CCc2c(F)cccc2C1. The number of amides is 1. The van der Waals surface area contributed by atoms with Crippen LogP contribution in [0.15, 0.2) is 18.2 Å². The van der Waals surface area contributed by atoms with E-state index in [0.29, 0.717) is 17.5 Å². The molecule has 0 spiro atoms. The largest absolute Gasteiger partial charge is 0.414 e. The van der Waals surface area contributed by atoms with Crippen LogP contribution in [0.2, 0.25) is 0 Å². The summed E-state index contributed by atoms with van der Waals surface area (Å²) in [5, 5.41) is 0. The fraction of sp³-hybridized carbons (Fsp3) is 0.364. The van der Waals surface area contributed by atoms with Crippen molar-refractivity contribution in [2.45, 2.75) is 19.6 Å². The highest BCUT2D eigenvalue weighted by atomic mass is 19.3. The van der Waals surface area contributed by atoms with E-state index in [9.17, 15) is 18.0 Å². The highest BCUT2D eigenvalue weighted by Crippen LogP contribution is 2.22. The quantitative estimate of drug-likeness (QED) is 0.761. The first-order chi connectivity index (χ1) is 8.08. The predicted molar refractivity (Wildman–Crippen MR) is 53.0 cm³/mol. The number of ether oxygens (including phenoxy) is 1. The van der Waals surface area contributed by atoms with Gasteiger partial charge in [0.25, 0.3) is 0 Å². The Morgan fingerprint density at radius 3 is 2.88 bits per heavy atom. The first kappa shape index (κ1) is 11.8. The van der Waals surface area contributed by atoms with E-state index >= 15 is 0 Å². The van der Waals surface area contributed by atoms with E-state index in [-0.39, 0.29) is 18.9 Å². The summed E-state index contributed by atoms with van der Waals surface area (Å²) >= 11 is 0. The molecular formula is C11H10F3NO2. The molecule has 0 fully saturated rings. The average molecular weight is 245 g/mol. The van der Waals surface area contributed by atoms with Gasteiger partial charge in [-0.1, -0.05) is 12.1 Å². The number of hydrogen-bond donors (Lipinski definition) is 0. The van der Waals surface area contributed by atoms with Gasteiger partial charge in [0.15, 0.2) is 0 Å². The molecule has 1 aromatic rings. The second-order valence-corrected chi connectivity index (χ2v) is 3.69. The van der Waals surface area contributed by atoms with Crippen LogP contribution in [0.3, 0.4) is 0 Å². The lowest BCUT2D eigenvalue weighted by atomic mass is 10.00. The van der Waals surface area contributed by atoms with Gasteiger partial charge in [0.2, 0.25) is 0 Å². The van der Waals surface area contributed by atoms with Crippen molar-refractivity contribution < 1.29 is 22.7 Å². The number of alkyl halides is 2. The Bertz CT molecular complexity index is 437. The number of rotatable bonds is 1. The second-order valence-electron chi connectivity index (χ2n) is 3.69. The lowest BCUT2D eigenvalue weighted by molar-refractivity contribution is -0.0929. The maximum absolute atomic E-state index is 13.4. The van der Waals surface area contributed by atoms with E-state index in [2.05, 4.69) is 4.74 Å². The highest BCUT2D eigenvalue weighted by Gasteiger charge is 2.25. The second kappa shape index (κ2) is 4.65. The number of hydrogen-bond acceptors (Lipinski definition) is 2. The molecule has 1 aromatic carbocycles. The Hall–Kier alpha value is -1.72. The van der Waals surface area contributed by atoms with Crippen molar-refractivity contribution in [3.05, 3.63) is 35.1 Å². The first-order valence-corrected chi connectivity index (χ1v) is 5.08. The van der Waals surface area contributed by atoms with Crippen LogP contribution in [-0.4, -0.2) is 24.1 Å². The number of carbonyl (C=O) groups is 1. The van der Waals surface area contributed by atoms with Gasteiger partial charge in [-0.2, -0.15) is 8.78 Å². The van der Waals surface area contributed by atoms with Crippen LogP contribution in [0.5, 0.6) is 0 Å². The molecule has 0 aliphatic carbocycles. The Morgan fingerprint density at radius 1 is 1.41 bits per heavy atom. The standard InChI is InChI=1S/C11H10F3NO2/c12-9-3-1-2-7-6-15(5-4-8(7)9)11(16)17-10(13)14/h1-3,10H,4-6H2. The van der Waals surface area contributed by atoms with E-state index in [1.54, 1.807) is 6.07 Å². The summed E-state index contributed by atoms with van der Waals surface area (Å²) < 4.78 is 40.9. The normalized spacial score (nSPS) is 14.7. The molecule has 3 nitrogen and oxygen atoms in total. The van der Waals surface area contributed by atoms with E-state index in [1.807, 2.05) is 0 Å². The fourth-order valence-electron chi connectivity index (χ4n) is 1.87. The van der Waals surface area contributed by atoms with Crippen molar-refractivity contribution >= 4 is 6.09 Å². The third kappa shape index (κ3) is 2.51. The number of halogens is 3. The summed E-state index contributed by atoms with van der Waals surface area (Å²) in [6, 6.07) is 4.53. The molecule has 6 heteroatoms. The third-order valence-electron chi connectivity index (χ3n) is 2.66. The fourth-order valence-corrected chi connectivity index (χ4v) is 1.87. The maximum atomic E-state index is 13.4. The van der Waals surface area contributed by atoms with Crippen LogP contribution >= 0.6 is 0 Å². The number of nitrogens with zero attached hydrogens (tertiary/aromatic N) is 1. The van der Waals surface area contributed by atoms with Gasteiger partial charge in [-0.15, -0.1) is 0 Å². The van der Waals surface area contributed by atoms with E-state index in [1.165, 1.54) is 12.1 Å². The van der Waals surface area contributed by atoms with Gasteiger partial charge < -0.3 is 9.64 Å². The zero-order chi connectivity index (χ0) is 12.4. The third-order valence-corrected chi connectivity index (χ3v) is 2.66. The number of benzene rings is 1. The van der Waals surface area contributed by atoms with Crippen LogP contribution in [0.4, 0.5) is 18.0 Å². The zero-order valence-corrected chi connectivity index (χ0v) is 8.83. The van der Waals surface area contributed by atoms with Crippen LogP contribution in [0.25, 0.3) is 0 Å². The summed E-state index contributed by atoms with van der Waals surface area (Å²) in [4.78, 5) is 12.4. The molecule has 92 valence electrons. The predicted octanol–water partition coefficient (Wildman–Crippen LogP) is 2.54. The maximum Gasteiger partial charge on any atom is 0.414 e. The minimum atomic E-state index is -3.13. The van der Waals surface area contributed by atoms with Gasteiger partial charge in [-0.25, -0.2) is 9.18 Å². The van der Waals surface area contributed by atoms with Gasteiger partial charge in [0.05, 0.1) is 0 Å². The topological polar surface area (TPSA) is 29.5 Å². The summed E-state index contributed by atoms with van der Waals surface area (Å²) in [5.41, 5.74) is 1.16. The molecule has 0 unspecified atom stereocenters. The number of carbonyl (C=O) groups excluding carboxylic acids is 1. The molecule has 0 aromatic heterocycles. The van der Waals surface area contributed by atoms with Crippen molar-refractivity contribution in [3.63, 3.8) is 0 Å². The first-order valence-electron chi connectivity index (χ1n) is 5.08. The molecule has 2 rings (SSSR count). The van der Waals surface area contributed by atoms with Crippen LogP contribution in [0, 0.1) is 5.82 Å². The van der Waals surface area contributed by atoms with Crippen molar-refractivity contribution in [1.29, 1.82) is 0 Å². The van der Waals surface area contributed by atoms with Crippen molar-refractivity contribution in [3.8, 4) is 0 Å². The molecule has 0 atom stereocenters. The van der Waals surface area contributed by atoms with Gasteiger partial charge >= 0.3 is 12.7 Å². The van der Waals surface area contributed by atoms with E-state index in [0.717, 1.165) is 4.90 Å². The van der Waals surface area contributed by atoms with E-state index in [4.69, 9.17) is 0 Å². The molecule has 0 saturated heterocycles. The average Bonchev–Trinajstić information content (AvgIpc) is 2.28. The van der Waals surface area contributed by atoms with Crippen LogP contribution in [-0.2, 0) is 17.7 Å². The Labute approximate surface area is 95.8 Å². The molecule has 1 aliphatic heterocycles. The zero-order valence-electron chi connectivity index (χ0n) is 8.83. The monoisotopic (exact) mass is 245 g/mol. The van der Waals surface area contributed by atoms with Gasteiger partial charge in [0, 0.05) is 13.1 Å². The molecule has 17 heavy (non-hydrogen) atoms. The summed E-state index contributed by atoms with van der Waals surface area (Å²) in [5.74, 6) is -0.329. The minimum Gasteiger partial charge on any atom is -0.386 e. The Kier molecular flexibility index (Phi) is 3.21. The molecular weight excluding hydrogens is 235 g/mol. The highest BCUT2D eigenvalue weighted by molar-refractivity contribution is 5.68. The molecule has 1 amide bonds. The summed E-state index contributed by atoms with van der Waals surface area (Å²) in [7, 11) is 0. The number of fused-ring (bicyclic) bond motifs is 1. The molecule has 0 radical (unpaired) electrons. The minimum absolute atomic E-state index is 0.0959. The van der Waals surface area contributed by atoms with Crippen molar-refractivity contribution in [1.82, 2.24) is 4.90 Å². The van der Waals surface area contributed by atoms with Gasteiger partial charge in [-0.05, 0) is 23.6 Å². The van der Waals surface area contributed by atoms with Crippen molar-refractivity contribution in [2.24, 2.45) is 0 Å². The van der Waals surface area contributed by atoms with Gasteiger partial charge in [-0.3, -0.25) is 0 Å². The summed E-state index contributed by atoms with van der Waals surface area (Å²) in [6.45, 7) is -2.85. The lowest BCUT2D eigenvalue weighted by Gasteiger charge is -2.28. The Morgan fingerprint density at radius 2 is 2.18 bits per heavy atom. The Balaban J connectivity index is 2.11. The molecule has 0 N–H and O–H groups in total. The summed E-state index contributed by atoms with van der Waals surface area (Å²) in [6.07, 6.45) is -0.768. The van der Waals surface area contributed by atoms with Crippen molar-refractivity contribution in [2.75, 3.05) is 6.54 Å². The lowest BCUT2D eigenvalue weighted by Crippen LogP contribution is -2.37.